The number of nitrogens with one attached hydrogen (secondary N) is 1. The molecular weight excluding hydrogens is 526 g/mol. The summed E-state index contributed by atoms with van der Waals surface area (Å²) in [7, 11) is 1.81. The van der Waals surface area contributed by atoms with E-state index in [2.05, 4.69) is 5.32 Å². The number of pyridine rings is 2. The minimum atomic E-state index is -1.85. The number of ether oxygens (including phenoxy) is 3. The number of rotatable bonds is 6. The van der Waals surface area contributed by atoms with E-state index in [-0.39, 0.29) is 42.1 Å². The maximum absolute atomic E-state index is 13.8. The van der Waals surface area contributed by atoms with E-state index >= 15 is 0 Å². The normalized spacial score (nSPS) is 16.9. The van der Waals surface area contributed by atoms with Crippen molar-refractivity contribution in [3.05, 3.63) is 86.7 Å². The Bertz CT molecular complexity index is 1780. The lowest BCUT2D eigenvalue weighted by atomic mass is 9.85. The minimum absolute atomic E-state index is 0.0329. The third-order valence-corrected chi connectivity index (χ3v) is 7.97. The number of hydrogen-bond acceptors (Lipinski definition) is 9. The lowest BCUT2D eigenvalue weighted by Crippen LogP contribution is -2.47. The fourth-order valence-corrected chi connectivity index (χ4v) is 5.79. The number of nitrogens with zero attached hydrogens (tertiary/aromatic N) is 2. The van der Waals surface area contributed by atoms with E-state index in [9.17, 15) is 19.5 Å². The molecule has 0 aliphatic carbocycles. The van der Waals surface area contributed by atoms with Gasteiger partial charge in [0.05, 0.1) is 29.0 Å². The van der Waals surface area contributed by atoms with Crippen LogP contribution in [-0.4, -0.2) is 33.8 Å². The Morgan fingerprint density at radius 2 is 1.90 bits per heavy atom. The molecule has 0 fully saturated rings. The number of benzene rings is 2. The van der Waals surface area contributed by atoms with Crippen molar-refractivity contribution in [3.63, 3.8) is 0 Å². The third-order valence-electron chi connectivity index (χ3n) is 7.97. The predicted octanol–water partition coefficient (Wildman–Crippen LogP) is 4.75. The quantitative estimate of drug-likeness (QED) is 0.285. The summed E-state index contributed by atoms with van der Waals surface area (Å²) in [5, 5.41) is 13.9. The van der Waals surface area contributed by atoms with Gasteiger partial charge in [0.2, 0.25) is 5.60 Å². The molecule has 2 aromatic heterocycles. The summed E-state index contributed by atoms with van der Waals surface area (Å²) in [6.45, 7) is 3.70. The summed E-state index contributed by atoms with van der Waals surface area (Å²) in [6, 6.07) is 14.0. The number of esters is 1. The van der Waals surface area contributed by atoms with Gasteiger partial charge in [0.1, 0.15) is 19.0 Å². The topological polar surface area (TPSA) is 129 Å². The molecule has 0 amide bonds. The van der Waals surface area contributed by atoms with Gasteiger partial charge in [-0.1, -0.05) is 26.0 Å². The van der Waals surface area contributed by atoms with E-state index in [0.717, 1.165) is 27.8 Å². The summed E-state index contributed by atoms with van der Waals surface area (Å²) >= 11 is 0. The molecule has 41 heavy (non-hydrogen) atoms. The zero-order valence-corrected chi connectivity index (χ0v) is 22.9. The van der Waals surface area contributed by atoms with Crippen LogP contribution in [0.2, 0.25) is 0 Å². The van der Waals surface area contributed by atoms with E-state index in [4.69, 9.17) is 19.2 Å². The maximum atomic E-state index is 13.8. The van der Waals surface area contributed by atoms with E-state index in [1.54, 1.807) is 42.8 Å². The molecule has 4 heterocycles. The largest absolute Gasteiger partial charge is 0.510 e. The summed E-state index contributed by atoms with van der Waals surface area (Å²) in [5.41, 5.74) is 3.69. The summed E-state index contributed by atoms with van der Waals surface area (Å²) in [4.78, 5) is 44.8. The van der Waals surface area contributed by atoms with Crippen molar-refractivity contribution >= 4 is 28.7 Å². The Kier molecular flexibility index (Phi) is 6.40. The SMILES string of the molecule is CCc1c2c(nc3ccc(O)cc13)-c1cc3c(c(=O)n1C2)COC(=O)C3(CC)OC(=O)OCc1ccc(NC)cc1. The molecule has 0 bridgehead atoms. The lowest BCUT2D eigenvalue weighted by molar-refractivity contribution is -0.175. The van der Waals surface area contributed by atoms with E-state index < -0.39 is 17.7 Å². The molecule has 6 rings (SSSR count). The van der Waals surface area contributed by atoms with Crippen molar-refractivity contribution in [1.29, 1.82) is 0 Å². The number of hydrogen-bond donors (Lipinski definition) is 2. The average Bonchev–Trinajstić information content (AvgIpc) is 3.35. The van der Waals surface area contributed by atoms with Gasteiger partial charge in [-0.25, -0.2) is 14.6 Å². The van der Waals surface area contributed by atoms with Crippen LogP contribution in [0.5, 0.6) is 5.75 Å². The van der Waals surface area contributed by atoms with Crippen LogP contribution in [0.1, 0.15) is 48.1 Å². The number of aromatic nitrogens is 2. The van der Waals surface area contributed by atoms with Gasteiger partial charge in [-0.3, -0.25) is 4.79 Å². The molecule has 0 saturated carbocycles. The van der Waals surface area contributed by atoms with Crippen molar-refractivity contribution in [2.24, 2.45) is 0 Å². The molecule has 2 N–H and O–H groups in total. The Morgan fingerprint density at radius 3 is 2.61 bits per heavy atom. The van der Waals surface area contributed by atoms with Crippen LogP contribution in [-0.2, 0) is 50.8 Å². The van der Waals surface area contributed by atoms with Gasteiger partial charge in [0, 0.05) is 29.2 Å². The highest BCUT2D eigenvalue weighted by atomic mass is 16.7. The zero-order valence-electron chi connectivity index (χ0n) is 22.9. The first-order chi connectivity index (χ1) is 19.8. The zero-order chi connectivity index (χ0) is 28.9. The van der Waals surface area contributed by atoms with Crippen LogP contribution in [0, 0.1) is 0 Å². The molecule has 0 spiro atoms. The lowest BCUT2D eigenvalue weighted by Gasteiger charge is -2.35. The van der Waals surface area contributed by atoms with E-state index in [0.29, 0.717) is 29.9 Å². The average molecular weight is 556 g/mol. The molecule has 10 heteroatoms. The second-order valence-electron chi connectivity index (χ2n) is 10.1. The first-order valence-corrected chi connectivity index (χ1v) is 13.5. The van der Waals surface area contributed by atoms with Crippen LogP contribution in [0.4, 0.5) is 10.5 Å². The molecule has 1 atom stereocenters. The first-order valence-electron chi connectivity index (χ1n) is 13.5. The number of cyclic esters (lactones) is 1. The monoisotopic (exact) mass is 555 g/mol. The Balaban J connectivity index is 1.40. The summed E-state index contributed by atoms with van der Waals surface area (Å²) in [6.07, 6.45) is -0.349. The van der Waals surface area contributed by atoms with Crippen LogP contribution >= 0.6 is 0 Å². The number of anilines is 1. The molecule has 4 aromatic rings. The van der Waals surface area contributed by atoms with Gasteiger partial charge in [-0.2, -0.15) is 0 Å². The molecule has 0 saturated heterocycles. The number of fused-ring (bicyclic) bond motifs is 5. The van der Waals surface area contributed by atoms with Gasteiger partial charge in [0.15, 0.2) is 0 Å². The van der Waals surface area contributed by atoms with E-state index in [1.165, 1.54) is 0 Å². The molecule has 10 nitrogen and oxygen atoms in total. The molecular formula is C31H29N3O7. The van der Waals surface area contributed by atoms with Crippen LogP contribution < -0.4 is 10.9 Å². The predicted molar refractivity (Wildman–Crippen MR) is 151 cm³/mol. The smallest absolute Gasteiger partial charge is 0.508 e. The van der Waals surface area contributed by atoms with Gasteiger partial charge < -0.3 is 29.2 Å². The minimum Gasteiger partial charge on any atom is -0.508 e. The molecule has 2 aliphatic rings. The van der Waals surface area contributed by atoms with Crippen LogP contribution in [0.3, 0.4) is 0 Å². The molecule has 2 aliphatic heterocycles. The van der Waals surface area contributed by atoms with Crippen molar-refractivity contribution in [2.75, 3.05) is 12.4 Å². The number of carbonyl (C=O) groups is 2. The Labute approximate surface area is 235 Å². The third kappa shape index (κ3) is 4.18. The highest BCUT2D eigenvalue weighted by molar-refractivity contribution is 5.90. The first kappa shape index (κ1) is 26.4. The Morgan fingerprint density at radius 1 is 1.12 bits per heavy atom. The van der Waals surface area contributed by atoms with Gasteiger partial charge in [-0.15, -0.1) is 0 Å². The highest BCUT2D eigenvalue weighted by Gasteiger charge is 2.51. The summed E-state index contributed by atoms with van der Waals surface area (Å²) in [5.74, 6) is -0.624. The standard InChI is InChI=1S/C31H29N3O7/c1-4-20-21-12-19(35)10-11-25(21)33-27-22(20)14-34-26(27)13-24-23(28(34)36)16-39-29(37)31(24,5-2)41-30(38)40-15-17-6-8-18(32-3)9-7-17/h6-13,32,35H,4-5,14-16H2,1-3H3. The van der Waals surface area contributed by atoms with Crippen LogP contribution in [0.25, 0.3) is 22.3 Å². The maximum Gasteiger partial charge on any atom is 0.510 e. The number of aromatic hydroxyl groups is 1. The fourth-order valence-electron chi connectivity index (χ4n) is 5.79. The second-order valence-corrected chi connectivity index (χ2v) is 10.1. The molecule has 2 aromatic carbocycles. The van der Waals surface area contributed by atoms with Crippen molar-refractivity contribution in [2.45, 2.75) is 52.0 Å². The van der Waals surface area contributed by atoms with Crippen molar-refractivity contribution in [1.82, 2.24) is 9.55 Å². The Hall–Kier alpha value is -4.86. The summed E-state index contributed by atoms with van der Waals surface area (Å²) < 4.78 is 18.1. The highest BCUT2D eigenvalue weighted by Crippen LogP contribution is 2.42. The molecule has 0 radical (unpaired) electrons. The van der Waals surface area contributed by atoms with Gasteiger partial charge >= 0.3 is 12.1 Å². The van der Waals surface area contributed by atoms with Gasteiger partial charge in [0.25, 0.3) is 5.56 Å². The second kappa shape index (κ2) is 9.96. The van der Waals surface area contributed by atoms with Crippen molar-refractivity contribution in [3.8, 4) is 17.1 Å². The fraction of sp³-hybridized carbons (Fsp3) is 0.290. The number of phenols is 1. The number of carbonyl (C=O) groups excluding carboxylic acids is 2. The number of phenolic OH excluding ortho intramolecular Hbond substituents is 1. The molecule has 1 unspecified atom stereocenters. The van der Waals surface area contributed by atoms with Crippen LogP contribution in [0.15, 0.2) is 53.3 Å². The van der Waals surface area contributed by atoms with E-state index in [1.807, 2.05) is 31.2 Å². The number of aryl methyl sites for hydroxylation is 1. The molecule has 210 valence electrons. The van der Waals surface area contributed by atoms with Gasteiger partial charge in [-0.05, 0) is 60.4 Å². The van der Waals surface area contributed by atoms with Crippen molar-refractivity contribution < 1.29 is 28.9 Å².